The summed E-state index contributed by atoms with van der Waals surface area (Å²) in [7, 11) is 0. The van der Waals surface area contributed by atoms with Crippen molar-refractivity contribution in [3.63, 3.8) is 0 Å². The number of allylic oxidation sites excluding steroid dienone is 2. The van der Waals surface area contributed by atoms with Crippen molar-refractivity contribution in [3.05, 3.63) is 65.8 Å². The van der Waals surface area contributed by atoms with E-state index in [1.54, 1.807) is 45.0 Å². The molecule has 518 valence electrons. The number of epoxide rings is 1. The number of aryl methyl sites for hydroxylation is 1. The maximum Gasteiger partial charge on any atom is 0.306 e. The highest BCUT2D eigenvalue weighted by atomic mass is 79.9. The zero-order valence-corrected chi connectivity index (χ0v) is 56.4. The number of para-hydroxylation sites is 1. The molecule has 3 saturated heterocycles. The summed E-state index contributed by atoms with van der Waals surface area (Å²) in [4.78, 5) is 92.1. The van der Waals surface area contributed by atoms with Crippen molar-refractivity contribution in [1.82, 2.24) is 21.3 Å². The maximum absolute atomic E-state index is 14.5. The Hall–Kier alpha value is -5.23. The predicted molar refractivity (Wildman–Crippen MR) is 345 cm³/mol. The second-order valence-corrected chi connectivity index (χ2v) is 25.0. The summed E-state index contributed by atoms with van der Waals surface area (Å²) in [5.74, 6) is -2.91. The van der Waals surface area contributed by atoms with Crippen molar-refractivity contribution in [2.24, 2.45) is 17.6 Å². The minimum Gasteiger partial charge on any atom is -0.462 e. The average molecular weight is 1360 g/mol. The molecule has 1 aromatic carbocycles. The molecule has 0 unspecified atom stereocenters. The van der Waals surface area contributed by atoms with E-state index in [-0.39, 0.29) is 111 Å². The van der Waals surface area contributed by atoms with Gasteiger partial charge in [0.15, 0.2) is 0 Å². The number of carbonyl (C=O) groups is 7. The molecule has 11 atom stereocenters. The first kappa shape index (κ1) is 77.5. The van der Waals surface area contributed by atoms with E-state index in [9.17, 15) is 43.8 Å². The summed E-state index contributed by atoms with van der Waals surface area (Å²) < 4.78 is 57.4. The zero-order chi connectivity index (χ0) is 67.0. The van der Waals surface area contributed by atoms with Gasteiger partial charge in [-0.2, -0.15) is 0 Å². The number of nitrogens with zero attached hydrogens (tertiary/aromatic N) is 1. The van der Waals surface area contributed by atoms with Gasteiger partial charge in [-0.25, -0.2) is 0 Å². The molecule has 0 aromatic heterocycles. The molecule has 92 heavy (non-hydrogen) atoms. The van der Waals surface area contributed by atoms with Crippen molar-refractivity contribution >= 4 is 63.0 Å². The monoisotopic (exact) mass is 1360 g/mol. The summed E-state index contributed by atoms with van der Waals surface area (Å²) in [5.41, 5.74) is 6.98. The molecule has 1 aromatic rings. The lowest BCUT2D eigenvalue weighted by Crippen LogP contribution is -2.56. The van der Waals surface area contributed by atoms with Crippen molar-refractivity contribution in [3.8, 4) is 0 Å². The number of aliphatic hydroxyl groups excluding tert-OH is 2. The number of aliphatic hydroxyl groups is 2. The van der Waals surface area contributed by atoms with Gasteiger partial charge in [0.05, 0.1) is 128 Å². The number of amides is 6. The molecule has 0 bridgehead atoms. The third-order valence-corrected chi connectivity index (χ3v) is 17.0. The Bertz CT molecular complexity index is 2540. The highest BCUT2D eigenvalue weighted by Crippen LogP contribution is 2.43. The van der Waals surface area contributed by atoms with Crippen LogP contribution in [0, 0.1) is 11.8 Å². The molecule has 0 radical (unpaired) electrons. The van der Waals surface area contributed by atoms with Gasteiger partial charge in [-0.1, -0.05) is 84.8 Å². The van der Waals surface area contributed by atoms with Gasteiger partial charge in [0.2, 0.25) is 29.5 Å². The molecule has 3 heterocycles. The second-order valence-electron chi connectivity index (χ2n) is 24.4. The van der Waals surface area contributed by atoms with Crippen molar-refractivity contribution in [2.45, 2.75) is 192 Å². The van der Waals surface area contributed by atoms with Gasteiger partial charge in [0.1, 0.15) is 36.0 Å². The Kier molecular flexibility index (Phi) is 35.0. The minimum absolute atomic E-state index is 0.0178. The van der Waals surface area contributed by atoms with Gasteiger partial charge in [0, 0.05) is 43.6 Å². The lowest BCUT2D eigenvalue weighted by atomic mass is 9.87. The van der Waals surface area contributed by atoms with Gasteiger partial charge in [-0.3, -0.25) is 38.5 Å². The summed E-state index contributed by atoms with van der Waals surface area (Å²) >= 11 is 3.08. The van der Waals surface area contributed by atoms with Crippen molar-refractivity contribution in [1.29, 1.82) is 0 Å². The first-order chi connectivity index (χ1) is 44.1. The summed E-state index contributed by atoms with van der Waals surface area (Å²) in [6, 6.07) is 4.52. The van der Waals surface area contributed by atoms with Crippen LogP contribution >= 0.6 is 15.9 Å². The van der Waals surface area contributed by atoms with Crippen LogP contribution in [0.15, 0.2) is 60.2 Å². The number of carbonyl (C=O) groups excluding carboxylic acids is 7. The van der Waals surface area contributed by atoms with Crippen LogP contribution in [-0.2, 0) is 87.4 Å². The Balaban J connectivity index is 0.973. The van der Waals surface area contributed by atoms with Crippen molar-refractivity contribution in [2.75, 3.05) is 103 Å². The molecule has 25 nitrogen and oxygen atoms in total. The number of halogens is 1. The first-order valence-corrected chi connectivity index (χ1v) is 33.6. The van der Waals surface area contributed by atoms with Gasteiger partial charge >= 0.3 is 5.97 Å². The standard InChI is InChI=1S/C66H103BrN6O19/c1-43(2)62(72-58(76)24-26-83-28-30-85-32-34-87-36-37-88-35-33-86-31-29-84-27-25-69-60(78)41-67)65(82)73(47(6)64(68)81)54-11-9-8-10-49(54)15-23-61(79)92-51-18-16-50(17-19-51)70-59(77)39-52-40-66(42-89-66)63(80)56(91-52)21-13-44(3)12-20-55-45(4)38-53(48(7)90-55)71-57(75)22-14-46(5)74/h8-14,21-22,43,45-48,50-53,55-56,62-63,74,80H,15-20,23-42H2,1-7H3,(H2,68,81)(H,69,78)(H,70,77)(H,71,75)(H,72,76)/b21-13+,22-14-,44-12+/t45-,46-,47-,48+,50?,51?,52+,53+,55-,56+,62-,63+,66+/m0/s1. The van der Waals surface area contributed by atoms with E-state index in [1.807, 2.05) is 26.0 Å². The van der Waals surface area contributed by atoms with E-state index in [0.29, 0.717) is 122 Å². The zero-order valence-electron chi connectivity index (χ0n) is 54.8. The quantitative estimate of drug-likeness (QED) is 0.0122. The lowest BCUT2D eigenvalue weighted by molar-refractivity contribution is -0.151. The predicted octanol–water partition coefficient (Wildman–Crippen LogP) is 3.74. The molecular weight excluding hydrogens is 1260 g/mol. The third kappa shape index (κ3) is 28.0. The summed E-state index contributed by atoms with van der Waals surface area (Å²) in [6.45, 7) is 17.7. The van der Waals surface area contributed by atoms with Gasteiger partial charge in [-0.05, 0) is 96.1 Å². The number of anilines is 1. The van der Waals surface area contributed by atoms with E-state index < -0.39 is 65.8 Å². The van der Waals surface area contributed by atoms with Crippen LogP contribution < -0.4 is 31.9 Å². The van der Waals surface area contributed by atoms with Gasteiger partial charge in [-0.15, -0.1) is 0 Å². The fourth-order valence-corrected chi connectivity index (χ4v) is 11.3. The number of nitrogens with one attached hydrogen (secondary N) is 4. The Labute approximate surface area is 550 Å². The first-order valence-electron chi connectivity index (χ1n) is 32.5. The summed E-state index contributed by atoms with van der Waals surface area (Å²) in [5, 5.41) is 32.6. The van der Waals surface area contributed by atoms with E-state index in [0.717, 1.165) is 12.0 Å². The average Bonchev–Trinajstić information content (AvgIpc) is 1.57. The smallest absolute Gasteiger partial charge is 0.306 e. The highest BCUT2D eigenvalue weighted by molar-refractivity contribution is 9.09. The molecule has 1 spiro atoms. The van der Waals surface area contributed by atoms with Crippen LogP contribution in [0.25, 0.3) is 0 Å². The van der Waals surface area contributed by atoms with E-state index in [2.05, 4.69) is 50.2 Å². The van der Waals surface area contributed by atoms with Crippen LogP contribution in [-0.4, -0.2) is 222 Å². The number of benzene rings is 1. The van der Waals surface area contributed by atoms with Crippen molar-refractivity contribution < 1.29 is 91.1 Å². The van der Waals surface area contributed by atoms with E-state index in [4.69, 9.17) is 53.1 Å². The maximum atomic E-state index is 14.5. The highest BCUT2D eigenvalue weighted by Gasteiger charge is 2.58. The number of esters is 1. The van der Waals surface area contributed by atoms with Crippen LogP contribution in [0.2, 0.25) is 0 Å². The SMILES string of the molecule is CC(/C=C/[C@H]1O[C@H](CC(=O)NC2CCC(OC(=O)CCc3ccccc3N(C(=O)[C@@H](NC(=O)CCOCCOCCOCCOCCOCCOCCNC(=O)CBr)C(C)C)[C@@H](C)C(N)=O)CC2)C[C@@]2(CO2)[C@@H]1O)=C\C[C@@H]1O[C@H](C)[C@H](NC(=O)/C=C\[C@H](C)O)C[C@@H]1C. The number of hydrogen-bond donors (Lipinski definition) is 7. The Morgan fingerprint density at radius 1 is 0.793 bits per heavy atom. The van der Waals surface area contributed by atoms with Crippen LogP contribution in [0.4, 0.5) is 5.69 Å². The molecule has 4 aliphatic rings. The van der Waals surface area contributed by atoms with E-state index in [1.165, 1.54) is 24.0 Å². The fraction of sp³-hybridized carbons (Fsp3) is 0.712. The number of primary amides is 1. The molecule has 3 aliphatic heterocycles. The second kappa shape index (κ2) is 41.6. The normalized spacial score (nSPS) is 25.1. The van der Waals surface area contributed by atoms with Gasteiger partial charge < -0.3 is 84.6 Å². The molecule has 4 fully saturated rings. The minimum atomic E-state index is -1.11. The van der Waals surface area contributed by atoms with Crippen LogP contribution in [0.3, 0.4) is 0 Å². The fourth-order valence-electron chi connectivity index (χ4n) is 11.1. The Morgan fingerprint density at radius 2 is 1.40 bits per heavy atom. The lowest BCUT2D eigenvalue weighted by Gasteiger charge is -2.39. The molecule has 1 aliphatic carbocycles. The number of rotatable bonds is 42. The molecular formula is C66H103BrN6O19. The summed E-state index contributed by atoms with van der Waals surface area (Å²) in [6.07, 6.45) is 9.46. The largest absolute Gasteiger partial charge is 0.462 e. The number of hydrogen-bond acceptors (Lipinski definition) is 19. The molecule has 6 amide bonds. The van der Waals surface area contributed by atoms with Crippen LogP contribution in [0.1, 0.15) is 118 Å². The van der Waals surface area contributed by atoms with E-state index >= 15 is 0 Å². The topological polar surface area (TPSA) is 333 Å². The van der Waals surface area contributed by atoms with Gasteiger partial charge in [0.25, 0.3) is 5.91 Å². The molecule has 1 saturated carbocycles. The molecule has 5 rings (SSSR count). The number of ether oxygens (including phenoxy) is 10. The molecule has 8 N–H and O–H groups in total. The molecule has 26 heteroatoms. The number of nitrogens with two attached hydrogens (primary N) is 1. The third-order valence-electron chi connectivity index (χ3n) is 16.5. The number of alkyl halides is 1. The Morgan fingerprint density at radius 3 is 1.99 bits per heavy atom. The van der Waals surface area contributed by atoms with Crippen LogP contribution in [0.5, 0.6) is 0 Å².